The van der Waals surface area contributed by atoms with Gasteiger partial charge in [0, 0.05) is 6.04 Å². The number of hydrogen-bond donors (Lipinski definition) is 3. The summed E-state index contributed by atoms with van der Waals surface area (Å²) in [5.41, 5.74) is 5.06. The van der Waals surface area contributed by atoms with E-state index in [0.717, 1.165) is 37.0 Å². The number of carboxylic acids is 1. The number of urea groups is 1. The van der Waals surface area contributed by atoms with Gasteiger partial charge in [0.1, 0.15) is 13.1 Å². The van der Waals surface area contributed by atoms with Crippen molar-refractivity contribution in [1.82, 2.24) is 10.2 Å². The van der Waals surface area contributed by atoms with E-state index in [1.54, 1.807) is 0 Å². The van der Waals surface area contributed by atoms with E-state index >= 15 is 0 Å². The van der Waals surface area contributed by atoms with Crippen LogP contribution in [0.5, 0.6) is 0 Å². The summed E-state index contributed by atoms with van der Waals surface area (Å²) in [6, 6.07) is -0.518. The van der Waals surface area contributed by atoms with Crippen LogP contribution in [0.1, 0.15) is 45.4 Å². The zero-order chi connectivity index (χ0) is 15.8. The second-order valence-corrected chi connectivity index (χ2v) is 5.58. The number of nitrogens with two attached hydrogens (primary N) is 1. The maximum absolute atomic E-state index is 12.2. The number of nitrogens with one attached hydrogen (secondary N) is 1. The second kappa shape index (κ2) is 8.49. The first kappa shape index (κ1) is 17.3. The summed E-state index contributed by atoms with van der Waals surface area (Å²) in [4.78, 5) is 34.8. The normalized spacial score (nSPS) is 17.0. The van der Waals surface area contributed by atoms with Gasteiger partial charge in [0.25, 0.3) is 0 Å². The van der Waals surface area contributed by atoms with Crippen molar-refractivity contribution in [3.05, 3.63) is 0 Å². The molecule has 0 aliphatic heterocycles. The Kier molecular flexibility index (Phi) is 6.98. The highest BCUT2D eigenvalue weighted by Crippen LogP contribution is 2.27. The van der Waals surface area contributed by atoms with Gasteiger partial charge in [0.15, 0.2) is 0 Å². The summed E-state index contributed by atoms with van der Waals surface area (Å²) in [5.74, 6) is -1.47. The SMILES string of the molecule is CCC(NC(=O)N(CC(N)=O)CC(=O)O)C1CCCCC1. The molecule has 120 valence electrons. The average Bonchev–Trinajstić information content (AvgIpc) is 2.43. The van der Waals surface area contributed by atoms with Gasteiger partial charge in [-0.3, -0.25) is 9.59 Å². The Bertz CT molecular complexity index is 364. The number of nitrogens with zero attached hydrogens (tertiary/aromatic N) is 1. The van der Waals surface area contributed by atoms with Gasteiger partial charge in [-0.15, -0.1) is 0 Å². The van der Waals surface area contributed by atoms with Crippen LogP contribution in [0.2, 0.25) is 0 Å². The molecule has 1 fully saturated rings. The first-order chi connectivity index (χ1) is 9.93. The van der Waals surface area contributed by atoms with Crippen LogP contribution in [0.15, 0.2) is 0 Å². The highest BCUT2D eigenvalue weighted by Gasteiger charge is 2.26. The Hall–Kier alpha value is -1.79. The molecule has 0 heterocycles. The molecule has 1 aliphatic rings. The van der Waals surface area contributed by atoms with E-state index < -0.39 is 24.5 Å². The van der Waals surface area contributed by atoms with Crippen molar-refractivity contribution in [2.75, 3.05) is 13.1 Å². The van der Waals surface area contributed by atoms with Crippen molar-refractivity contribution in [2.45, 2.75) is 51.5 Å². The summed E-state index contributed by atoms with van der Waals surface area (Å²) in [5, 5.41) is 11.7. The zero-order valence-electron chi connectivity index (χ0n) is 12.5. The molecule has 1 saturated carbocycles. The fourth-order valence-corrected chi connectivity index (χ4v) is 2.89. The molecule has 0 aromatic rings. The molecule has 1 unspecified atom stereocenters. The first-order valence-corrected chi connectivity index (χ1v) is 7.49. The van der Waals surface area contributed by atoms with E-state index in [9.17, 15) is 14.4 Å². The lowest BCUT2D eigenvalue weighted by Crippen LogP contribution is -2.51. The van der Waals surface area contributed by atoms with Gasteiger partial charge in [0.05, 0.1) is 0 Å². The van der Waals surface area contributed by atoms with Crippen LogP contribution in [-0.2, 0) is 9.59 Å². The third-order valence-corrected chi connectivity index (χ3v) is 3.93. The van der Waals surface area contributed by atoms with Crippen molar-refractivity contribution in [1.29, 1.82) is 0 Å². The van der Waals surface area contributed by atoms with Gasteiger partial charge >= 0.3 is 12.0 Å². The van der Waals surface area contributed by atoms with Gasteiger partial charge in [-0.1, -0.05) is 26.2 Å². The molecule has 4 N–H and O–H groups in total. The third kappa shape index (κ3) is 6.01. The average molecular weight is 299 g/mol. The number of carbonyl (C=O) groups is 3. The van der Waals surface area contributed by atoms with Gasteiger partial charge < -0.3 is 21.1 Å². The molecule has 0 aromatic carbocycles. The van der Waals surface area contributed by atoms with Crippen LogP contribution in [0, 0.1) is 5.92 Å². The predicted molar refractivity (Wildman–Crippen MR) is 77.6 cm³/mol. The van der Waals surface area contributed by atoms with Crippen molar-refractivity contribution in [2.24, 2.45) is 11.7 Å². The Morgan fingerprint density at radius 2 is 1.86 bits per heavy atom. The van der Waals surface area contributed by atoms with Crippen LogP contribution in [0.3, 0.4) is 0 Å². The van der Waals surface area contributed by atoms with Gasteiger partial charge in [-0.2, -0.15) is 0 Å². The second-order valence-electron chi connectivity index (χ2n) is 5.58. The topological polar surface area (TPSA) is 113 Å². The monoisotopic (exact) mass is 299 g/mol. The van der Waals surface area contributed by atoms with Crippen molar-refractivity contribution in [3.63, 3.8) is 0 Å². The fourth-order valence-electron chi connectivity index (χ4n) is 2.89. The molecule has 0 bridgehead atoms. The van der Waals surface area contributed by atoms with E-state index in [4.69, 9.17) is 10.8 Å². The summed E-state index contributed by atoms with van der Waals surface area (Å²) in [7, 11) is 0. The number of carbonyl (C=O) groups excluding carboxylic acids is 2. The molecular formula is C14H25N3O4. The highest BCUT2D eigenvalue weighted by molar-refractivity contribution is 5.86. The minimum Gasteiger partial charge on any atom is -0.480 e. The highest BCUT2D eigenvalue weighted by atomic mass is 16.4. The maximum atomic E-state index is 12.2. The molecule has 1 rings (SSSR count). The number of aliphatic carboxylic acids is 1. The van der Waals surface area contributed by atoms with Crippen LogP contribution < -0.4 is 11.1 Å². The summed E-state index contributed by atoms with van der Waals surface area (Å²) in [6.07, 6.45) is 6.50. The predicted octanol–water partition coefficient (Wildman–Crippen LogP) is 0.927. The van der Waals surface area contributed by atoms with Crippen molar-refractivity contribution < 1.29 is 19.5 Å². The fraction of sp³-hybridized carbons (Fsp3) is 0.786. The number of amides is 3. The van der Waals surface area contributed by atoms with E-state index in [1.807, 2.05) is 6.92 Å². The van der Waals surface area contributed by atoms with Crippen LogP contribution in [-0.4, -0.2) is 47.0 Å². The molecule has 1 aliphatic carbocycles. The smallest absolute Gasteiger partial charge is 0.323 e. The van der Waals surface area contributed by atoms with E-state index in [2.05, 4.69) is 5.32 Å². The molecule has 7 heteroatoms. The van der Waals surface area contributed by atoms with Gasteiger partial charge in [-0.25, -0.2) is 4.79 Å². The molecule has 0 spiro atoms. The van der Waals surface area contributed by atoms with Crippen LogP contribution >= 0.6 is 0 Å². The van der Waals surface area contributed by atoms with Crippen molar-refractivity contribution >= 4 is 17.9 Å². The number of rotatable bonds is 7. The van der Waals surface area contributed by atoms with Crippen LogP contribution in [0.25, 0.3) is 0 Å². The Balaban J connectivity index is 2.63. The Morgan fingerprint density at radius 3 is 2.33 bits per heavy atom. The standard InChI is InChI=1S/C14H25N3O4/c1-2-11(10-6-4-3-5-7-10)16-14(21)17(8-12(15)18)9-13(19)20/h10-11H,2-9H2,1H3,(H2,15,18)(H,16,21)(H,19,20). The lowest BCUT2D eigenvalue weighted by molar-refractivity contribution is -0.137. The minimum atomic E-state index is -1.17. The number of primary amides is 1. The van der Waals surface area contributed by atoms with E-state index in [1.165, 1.54) is 6.42 Å². The molecule has 21 heavy (non-hydrogen) atoms. The quantitative estimate of drug-likeness (QED) is 0.649. The molecule has 1 atom stereocenters. The van der Waals surface area contributed by atoms with Crippen LogP contribution in [0.4, 0.5) is 4.79 Å². The lowest BCUT2D eigenvalue weighted by Gasteiger charge is -2.32. The third-order valence-electron chi connectivity index (χ3n) is 3.93. The van der Waals surface area contributed by atoms with Crippen molar-refractivity contribution in [3.8, 4) is 0 Å². The summed E-state index contributed by atoms with van der Waals surface area (Å²) in [6.45, 7) is 1.07. The van der Waals surface area contributed by atoms with Gasteiger partial charge in [-0.05, 0) is 25.2 Å². The number of hydrogen-bond acceptors (Lipinski definition) is 3. The van der Waals surface area contributed by atoms with E-state index in [0.29, 0.717) is 5.92 Å². The Labute approximate surface area is 124 Å². The van der Waals surface area contributed by atoms with Gasteiger partial charge in [0.2, 0.25) is 5.91 Å². The minimum absolute atomic E-state index is 0.0157. The lowest BCUT2D eigenvalue weighted by atomic mass is 9.83. The molecule has 0 radical (unpaired) electrons. The zero-order valence-corrected chi connectivity index (χ0v) is 12.5. The molecular weight excluding hydrogens is 274 g/mol. The Morgan fingerprint density at radius 1 is 1.24 bits per heavy atom. The molecule has 0 aromatic heterocycles. The molecule has 0 saturated heterocycles. The summed E-state index contributed by atoms with van der Waals surface area (Å²) < 4.78 is 0. The maximum Gasteiger partial charge on any atom is 0.323 e. The van der Waals surface area contributed by atoms with E-state index in [-0.39, 0.29) is 12.6 Å². The number of carboxylic acid groups (broad SMARTS) is 1. The molecule has 3 amide bonds. The summed E-state index contributed by atoms with van der Waals surface area (Å²) >= 11 is 0. The largest absolute Gasteiger partial charge is 0.480 e. The first-order valence-electron chi connectivity index (χ1n) is 7.49. The molecule has 7 nitrogen and oxygen atoms in total.